The Morgan fingerprint density at radius 1 is 0.941 bits per heavy atom. The molecule has 1 aliphatic rings. The summed E-state index contributed by atoms with van der Waals surface area (Å²) in [4.78, 5) is 13.6. The lowest BCUT2D eigenvalue weighted by Crippen LogP contribution is -2.17. The number of rotatable bonds is 1. The van der Waals surface area contributed by atoms with Crippen LogP contribution in [0.25, 0.3) is 0 Å². The van der Waals surface area contributed by atoms with Crippen molar-refractivity contribution in [3.8, 4) is 0 Å². The van der Waals surface area contributed by atoms with Crippen LogP contribution in [0.5, 0.6) is 0 Å². The van der Waals surface area contributed by atoms with Gasteiger partial charge in [-0.25, -0.2) is 0 Å². The first-order valence-corrected chi connectivity index (χ1v) is 6.17. The Labute approximate surface area is 103 Å². The Morgan fingerprint density at radius 3 is 1.88 bits per heavy atom. The zero-order valence-corrected chi connectivity index (χ0v) is 9.78. The van der Waals surface area contributed by atoms with E-state index >= 15 is 0 Å². The highest BCUT2D eigenvalue weighted by molar-refractivity contribution is 7.99. The van der Waals surface area contributed by atoms with Gasteiger partial charge >= 0.3 is 5.97 Å². The SMILES string of the molecule is O=C(O)C1c2ccccc2Sc2ccccc21. The summed E-state index contributed by atoms with van der Waals surface area (Å²) in [5, 5.41) is 9.42. The Hall–Kier alpha value is -1.74. The molecule has 0 saturated carbocycles. The molecule has 0 fully saturated rings. The minimum atomic E-state index is -0.787. The molecule has 0 bridgehead atoms. The summed E-state index contributed by atoms with van der Waals surface area (Å²) in [7, 11) is 0. The summed E-state index contributed by atoms with van der Waals surface area (Å²) >= 11 is 1.64. The normalized spacial score (nSPS) is 13.9. The molecule has 0 amide bonds. The highest BCUT2D eigenvalue weighted by Gasteiger charge is 2.30. The van der Waals surface area contributed by atoms with Crippen LogP contribution in [0.4, 0.5) is 0 Å². The van der Waals surface area contributed by atoms with E-state index in [1.165, 1.54) is 0 Å². The summed E-state index contributed by atoms with van der Waals surface area (Å²) in [5.74, 6) is -1.33. The third-order valence-corrected chi connectivity index (χ3v) is 4.11. The highest BCUT2D eigenvalue weighted by atomic mass is 32.2. The van der Waals surface area contributed by atoms with E-state index in [-0.39, 0.29) is 0 Å². The van der Waals surface area contributed by atoms with Gasteiger partial charge in [0.25, 0.3) is 0 Å². The number of benzene rings is 2. The van der Waals surface area contributed by atoms with Crippen molar-refractivity contribution in [2.45, 2.75) is 15.7 Å². The third-order valence-electron chi connectivity index (χ3n) is 2.93. The monoisotopic (exact) mass is 242 g/mol. The van der Waals surface area contributed by atoms with Gasteiger partial charge in [0.1, 0.15) is 5.92 Å². The van der Waals surface area contributed by atoms with Crippen LogP contribution < -0.4 is 0 Å². The molecule has 3 rings (SSSR count). The number of aliphatic carboxylic acids is 1. The standard InChI is InChI=1S/C14H10O2S/c15-14(16)13-9-5-1-3-7-11(9)17-12-8-4-2-6-10(12)13/h1-8,13H,(H,15,16). The van der Waals surface area contributed by atoms with E-state index < -0.39 is 11.9 Å². The van der Waals surface area contributed by atoms with Gasteiger partial charge in [0.2, 0.25) is 0 Å². The molecule has 0 atom stereocenters. The summed E-state index contributed by atoms with van der Waals surface area (Å²) in [6.07, 6.45) is 0. The molecule has 0 aliphatic carbocycles. The van der Waals surface area contributed by atoms with Crippen molar-refractivity contribution in [1.29, 1.82) is 0 Å². The second-order valence-electron chi connectivity index (χ2n) is 3.95. The Morgan fingerprint density at radius 2 is 1.41 bits per heavy atom. The molecule has 1 heterocycles. The first-order chi connectivity index (χ1) is 8.27. The molecule has 1 N–H and O–H groups in total. The average molecular weight is 242 g/mol. The molecule has 2 aromatic carbocycles. The maximum absolute atomic E-state index is 11.5. The van der Waals surface area contributed by atoms with Crippen molar-refractivity contribution in [2.75, 3.05) is 0 Å². The molecule has 17 heavy (non-hydrogen) atoms. The smallest absolute Gasteiger partial charge is 0.315 e. The molecule has 1 aliphatic heterocycles. The van der Waals surface area contributed by atoms with E-state index in [9.17, 15) is 9.90 Å². The molecular formula is C14H10O2S. The average Bonchev–Trinajstić information content (AvgIpc) is 2.35. The van der Waals surface area contributed by atoms with Gasteiger partial charge in [-0.3, -0.25) is 4.79 Å². The van der Waals surface area contributed by atoms with Crippen LogP contribution in [0.2, 0.25) is 0 Å². The van der Waals surface area contributed by atoms with E-state index in [1.54, 1.807) is 11.8 Å². The van der Waals surface area contributed by atoms with Gasteiger partial charge < -0.3 is 5.11 Å². The van der Waals surface area contributed by atoms with Gasteiger partial charge in [0, 0.05) is 9.79 Å². The van der Waals surface area contributed by atoms with Crippen LogP contribution in [-0.2, 0) is 4.79 Å². The van der Waals surface area contributed by atoms with Gasteiger partial charge in [-0.1, -0.05) is 48.2 Å². The molecular weight excluding hydrogens is 232 g/mol. The van der Waals surface area contributed by atoms with Gasteiger partial charge in [-0.2, -0.15) is 0 Å². The second-order valence-corrected chi connectivity index (χ2v) is 5.03. The number of hydrogen-bond acceptors (Lipinski definition) is 2. The van der Waals surface area contributed by atoms with Crippen molar-refractivity contribution >= 4 is 17.7 Å². The molecule has 84 valence electrons. The van der Waals surface area contributed by atoms with Gasteiger partial charge in [0.05, 0.1) is 0 Å². The van der Waals surface area contributed by atoms with Crippen molar-refractivity contribution < 1.29 is 9.90 Å². The van der Waals surface area contributed by atoms with Crippen LogP contribution in [0, 0.1) is 0 Å². The lowest BCUT2D eigenvalue weighted by Gasteiger charge is -2.24. The molecule has 2 nitrogen and oxygen atoms in total. The Bertz CT molecular complexity index is 547. The van der Waals surface area contributed by atoms with Gasteiger partial charge in [0.15, 0.2) is 0 Å². The first-order valence-electron chi connectivity index (χ1n) is 5.36. The second kappa shape index (κ2) is 3.93. The third kappa shape index (κ3) is 1.63. The predicted octanol–water partition coefficient (Wildman–Crippen LogP) is 3.37. The Kier molecular flexibility index (Phi) is 2.41. The fourth-order valence-electron chi connectivity index (χ4n) is 2.18. The zero-order chi connectivity index (χ0) is 11.8. The van der Waals surface area contributed by atoms with Gasteiger partial charge in [-0.15, -0.1) is 0 Å². The maximum Gasteiger partial charge on any atom is 0.315 e. The molecule has 0 saturated heterocycles. The van der Waals surface area contributed by atoms with Crippen LogP contribution in [0.3, 0.4) is 0 Å². The molecule has 0 unspecified atom stereocenters. The van der Waals surface area contributed by atoms with Gasteiger partial charge in [-0.05, 0) is 23.3 Å². The quantitative estimate of drug-likeness (QED) is 0.833. The van der Waals surface area contributed by atoms with E-state index in [4.69, 9.17) is 0 Å². The summed E-state index contributed by atoms with van der Waals surface area (Å²) < 4.78 is 0. The first kappa shape index (κ1) is 10.4. The lowest BCUT2D eigenvalue weighted by atomic mass is 9.91. The van der Waals surface area contributed by atoms with Crippen molar-refractivity contribution in [1.82, 2.24) is 0 Å². The zero-order valence-electron chi connectivity index (χ0n) is 8.96. The number of carboxylic acids is 1. The van der Waals surface area contributed by atoms with E-state index in [0.717, 1.165) is 20.9 Å². The summed E-state index contributed by atoms with van der Waals surface area (Å²) in [6.45, 7) is 0. The molecule has 0 spiro atoms. The number of fused-ring (bicyclic) bond motifs is 2. The maximum atomic E-state index is 11.5. The molecule has 3 heteroatoms. The predicted molar refractivity (Wildman–Crippen MR) is 66.5 cm³/mol. The van der Waals surface area contributed by atoms with E-state index in [0.29, 0.717) is 0 Å². The molecule has 2 aromatic rings. The van der Waals surface area contributed by atoms with Crippen LogP contribution in [0.1, 0.15) is 17.0 Å². The van der Waals surface area contributed by atoms with Crippen molar-refractivity contribution in [3.05, 3.63) is 59.7 Å². The number of carbonyl (C=O) groups is 1. The fraction of sp³-hybridized carbons (Fsp3) is 0.0714. The topological polar surface area (TPSA) is 37.3 Å². The minimum absolute atomic E-state index is 0.538. The Balaban J connectivity index is 2.24. The number of carboxylic acid groups (broad SMARTS) is 1. The molecule has 0 aromatic heterocycles. The van der Waals surface area contributed by atoms with Crippen molar-refractivity contribution in [3.63, 3.8) is 0 Å². The highest BCUT2D eigenvalue weighted by Crippen LogP contribution is 2.45. The van der Waals surface area contributed by atoms with E-state index in [2.05, 4.69) is 0 Å². The lowest BCUT2D eigenvalue weighted by molar-refractivity contribution is -0.137. The minimum Gasteiger partial charge on any atom is -0.481 e. The van der Waals surface area contributed by atoms with Crippen molar-refractivity contribution in [2.24, 2.45) is 0 Å². The van der Waals surface area contributed by atoms with Crippen LogP contribution >= 0.6 is 11.8 Å². The van der Waals surface area contributed by atoms with Crippen LogP contribution in [-0.4, -0.2) is 11.1 Å². The number of hydrogen-bond donors (Lipinski definition) is 1. The summed E-state index contributed by atoms with van der Waals surface area (Å²) in [6, 6.07) is 15.4. The van der Waals surface area contributed by atoms with Crippen LogP contribution in [0.15, 0.2) is 58.3 Å². The largest absolute Gasteiger partial charge is 0.481 e. The van der Waals surface area contributed by atoms with E-state index in [1.807, 2.05) is 48.5 Å². The fourth-order valence-corrected chi connectivity index (χ4v) is 3.31. The molecule has 0 radical (unpaired) electrons. The summed E-state index contributed by atoms with van der Waals surface area (Å²) in [5.41, 5.74) is 1.78.